The van der Waals surface area contributed by atoms with E-state index in [0.717, 1.165) is 15.4 Å². The van der Waals surface area contributed by atoms with Gasteiger partial charge in [0, 0.05) is 17.0 Å². The topological polar surface area (TPSA) is 97.3 Å². The molecule has 0 spiro atoms. The van der Waals surface area contributed by atoms with E-state index in [9.17, 15) is 15.0 Å². The third-order valence-electron chi connectivity index (χ3n) is 4.99. The van der Waals surface area contributed by atoms with Gasteiger partial charge in [0.15, 0.2) is 6.79 Å². The van der Waals surface area contributed by atoms with Crippen molar-refractivity contribution in [2.45, 2.75) is 61.0 Å². The first kappa shape index (κ1) is 28.8. The number of phenolic OH excluding ortho intramolecular Hbond substituents is 1. The van der Waals surface area contributed by atoms with Crippen LogP contribution in [0.25, 0.3) is 0 Å². The molecule has 0 saturated carbocycles. The Morgan fingerprint density at radius 1 is 1.23 bits per heavy atom. The third kappa shape index (κ3) is 9.29. The molecule has 0 aromatic heterocycles. The van der Waals surface area contributed by atoms with E-state index in [1.807, 2.05) is 18.2 Å². The molecule has 7 nitrogen and oxygen atoms in total. The predicted octanol–water partition coefficient (Wildman–Crippen LogP) is 5.94. The Morgan fingerprint density at radius 3 is 2.57 bits per heavy atom. The second-order valence-electron chi connectivity index (χ2n) is 9.10. The number of carbonyl (C=O) groups is 1. The van der Waals surface area contributed by atoms with Gasteiger partial charge in [0.1, 0.15) is 17.1 Å². The number of nitrogens with one attached hydrogen (secondary N) is 1. The second-order valence-corrected chi connectivity index (χ2v) is 10.6. The Hall–Kier alpha value is -2.39. The van der Waals surface area contributed by atoms with Gasteiger partial charge < -0.3 is 29.7 Å². The Morgan fingerprint density at radius 2 is 1.97 bits per heavy atom. The number of phenols is 1. The maximum absolute atomic E-state index is 12.4. The fourth-order valence-corrected chi connectivity index (χ4v) is 4.62. The van der Waals surface area contributed by atoms with E-state index in [1.54, 1.807) is 45.0 Å². The standard InChI is InChI=1S/C26H34ClNO6S/c1-6-12-26(16-29,28-24(31)34-25(2,3)4)13-11-18-7-9-20(15-21(18)27)35-23-14-19(30)8-10-22(23)33-17-32-5/h6-10,14-15,29-30H,1,11-13,16-17H2,2-5H3,(H,28,31)/t26-/m0/s1. The number of alkyl carbamates (subject to hydrolysis) is 1. The van der Waals surface area contributed by atoms with E-state index in [1.165, 1.54) is 18.9 Å². The zero-order valence-corrected chi connectivity index (χ0v) is 22.2. The molecule has 0 aliphatic carbocycles. The van der Waals surface area contributed by atoms with Gasteiger partial charge in [0.25, 0.3) is 0 Å². The summed E-state index contributed by atoms with van der Waals surface area (Å²) in [6.45, 7) is 8.92. The zero-order chi connectivity index (χ0) is 26.1. The van der Waals surface area contributed by atoms with E-state index in [0.29, 0.717) is 30.0 Å². The van der Waals surface area contributed by atoms with Gasteiger partial charge in [0.2, 0.25) is 0 Å². The SMILES string of the molecule is C=CC[C@@](CO)(CCc1ccc(Sc2cc(O)ccc2OCOC)cc1Cl)NC(=O)OC(C)(C)C. The first-order valence-electron chi connectivity index (χ1n) is 11.1. The molecule has 0 fully saturated rings. The van der Waals surface area contributed by atoms with Crippen molar-refractivity contribution >= 4 is 29.5 Å². The number of aromatic hydroxyl groups is 1. The van der Waals surface area contributed by atoms with Crippen LogP contribution in [0.4, 0.5) is 4.79 Å². The van der Waals surface area contributed by atoms with Crippen molar-refractivity contribution in [2.75, 3.05) is 20.5 Å². The van der Waals surface area contributed by atoms with E-state index in [2.05, 4.69) is 11.9 Å². The molecule has 0 unspecified atom stereocenters. The normalized spacial score (nSPS) is 13.1. The molecular weight excluding hydrogens is 490 g/mol. The van der Waals surface area contributed by atoms with Crippen molar-refractivity contribution in [1.82, 2.24) is 5.32 Å². The Labute approximate surface area is 216 Å². The van der Waals surface area contributed by atoms with Crippen molar-refractivity contribution in [3.05, 3.63) is 59.6 Å². The Bertz CT molecular complexity index is 1010. The summed E-state index contributed by atoms with van der Waals surface area (Å²) in [5.74, 6) is 0.709. The minimum atomic E-state index is -0.921. The van der Waals surface area contributed by atoms with Gasteiger partial charge in [-0.3, -0.25) is 0 Å². The first-order valence-corrected chi connectivity index (χ1v) is 12.3. The highest BCUT2D eigenvalue weighted by Gasteiger charge is 2.32. The molecule has 192 valence electrons. The lowest BCUT2D eigenvalue weighted by Crippen LogP contribution is -2.52. The van der Waals surface area contributed by atoms with Crippen LogP contribution in [-0.4, -0.2) is 48.0 Å². The average Bonchev–Trinajstić information content (AvgIpc) is 2.76. The molecule has 2 aromatic carbocycles. The minimum Gasteiger partial charge on any atom is -0.508 e. The molecule has 2 rings (SSSR count). The van der Waals surface area contributed by atoms with Gasteiger partial charge in [-0.05, 0) is 75.9 Å². The molecule has 1 atom stereocenters. The largest absolute Gasteiger partial charge is 0.508 e. The van der Waals surface area contributed by atoms with Crippen LogP contribution in [0.1, 0.15) is 39.2 Å². The molecule has 0 radical (unpaired) electrons. The summed E-state index contributed by atoms with van der Waals surface area (Å²) >= 11 is 7.98. The Balaban J connectivity index is 2.15. The lowest BCUT2D eigenvalue weighted by atomic mass is 9.88. The van der Waals surface area contributed by atoms with Gasteiger partial charge in [-0.1, -0.05) is 35.5 Å². The molecule has 0 aliphatic heterocycles. The number of benzene rings is 2. The molecule has 9 heteroatoms. The molecular formula is C26H34ClNO6S. The van der Waals surface area contributed by atoms with Crippen molar-refractivity contribution in [3.63, 3.8) is 0 Å². The number of ether oxygens (including phenoxy) is 3. The number of aryl methyl sites for hydroxylation is 1. The lowest BCUT2D eigenvalue weighted by molar-refractivity contribution is 0.0389. The van der Waals surface area contributed by atoms with E-state index in [4.69, 9.17) is 25.8 Å². The number of methoxy groups -OCH3 is 1. The highest BCUT2D eigenvalue weighted by Crippen LogP contribution is 2.39. The fourth-order valence-electron chi connectivity index (χ4n) is 3.31. The van der Waals surface area contributed by atoms with E-state index < -0.39 is 17.2 Å². The summed E-state index contributed by atoms with van der Waals surface area (Å²) in [5.41, 5.74) is -0.702. The summed E-state index contributed by atoms with van der Waals surface area (Å²) in [7, 11) is 1.54. The fraction of sp³-hybridized carbons (Fsp3) is 0.423. The van der Waals surface area contributed by atoms with Crippen LogP contribution in [0, 0.1) is 0 Å². The lowest BCUT2D eigenvalue weighted by Gasteiger charge is -2.33. The maximum atomic E-state index is 12.4. The molecule has 2 aromatic rings. The number of hydrogen-bond donors (Lipinski definition) is 3. The number of aliphatic hydroxyl groups is 1. The highest BCUT2D eigenvalue weighted by atomic mass is 35.5. The van der Waals surface area contributed by atoms with Gasteiger partial charge in [-0.2, -0.15) is 0 Å². The van der Waals surface area contributed by atoms with Gasteiger partial charge in [-0.25, -0.2) is 4.79 Å². The summed E-state index contributed by atoms with van der Waals surface area (Å²) in [6, 6.07) is 10.5. The number of carbonyl (C=O) groups excluding carboxylic acids is 1. The third-order valence-corrected chi connectivity index (χ3v) is 6.37. The van der Waals surface area contributed by atoms with Crippen molar-refractivity contribution in [1.29, 1.82) is 0 Å². The second kappa shape index (κ2) is 13.1. The zero-order valence-electron chi connectivity index (χ0n) is 20.6. The number of halogens is 1. The van der Waals surface area contributed by atoms with Crippen LogP contribution in [0.2, 0.25) is 5.02 Å². The van der Waals surface area contributed by atoms with Crippen LogP contribution in [0.5, 0.6) is 11.5 Å². The monoisotopic (exact) mass is 523 g/mol. The van der Waals surface area contributed by atoms with Crippen molar-refractivity contribution < 1.29 is 29.2 Å². The Kier molecular flexibility index (Phi) is 10.8. The van der Waals surface area contributed by atoms with Crippen LogP contribution in [0.3, 0.4) is 0 Å². The number of rotatable bonds is 12. The number of amides is 1. The molecule has 0 bridgehead atoms. The van der Waals surface area contributed by atoms with Crippen molar-refractivity contribution in [2.24, 2.45) is 0 Å². The van der Waals surface area contributed by atoms with Crippen LogP contribution in [0.15, 0.2) is 58.8 Å². The molecule has 0 saturated heterocycles. The van der Waals surface area contributed by atoms with Gasteiger partial charge in [0.05, 0.1) is 17.0 Å². The number of hydrogen-bond acceptors (Lipinski definition) is 7. The maximum Gasteiger partial charge on any atom is 0.408 e. The summed E-state index contributed by atoms with van der Waals surface area (Å²) in [6.07, 6.45) is 2.39. The molecule has 3 N–H and O–H groups in total. The molecule has 35 heavy (non-hydrogen) atoms. The predicted molar refractivity (Wildman–Crippen MR) is 139 cm³/mol. The average molecular weight is 524 g/mol. The van der Waals surface area contributed by atoms with Crippen LogP contribution in [-0.2, 0) is 15.9 Å². The quantitative estimate of drug-likeness (QED) is 0.234. The minimum absolute atomic E-state index is 0.0900. The van der Waals surface area contributed by atoms with Crippen LogP contribution < -0.4 is 10.1 Å². The molecule has 0 aliphatic rings. The van der Waals surface area contributed by atoms with E-state index in [-0.39, 0.29) is 19.1 Å². The molecule has 0 heterocycles. The van der Waals surface area contributed by atoms with Crippen LogP contribution >= 0.6 is 23.4 Å². The number of aliphatic hydroxyl groups excluding tert-OH is 1. The van der Waals surface area contributed by atoms with Gasteiger partial charge >= 0.3 is 6.09 Å². The highest BCUT2D eigenvalue weighted by molar-refractivity contribution is 7.99. The first-order chi connectivity index (χ1) is 16.5. The summed E-state index contributed by atoms with van der Waals surface area (Å²) in [5, 5.41) is 23.4. The summed E-state index contributed by atoms with van der Waals surface area (Å²) < 4.78 is 15.9. The van der Waals surface area contributed by atoms with Gasteiger partial charge in [-0.15, -0.1) is 6.58 Å². The molecule has 1 amide bonds. The van der Waals surface area contributed by atoms with Crippen molar-refractivity contribution in [3.8, 4) is 11.5 Å². The smallest absolute Gasteiger partial charge is 0.408 e. The van der Waals surface area contributed by atoms with E-state index >= 15 is 0 Å². The summed E-state index contributed by atoms with van der Waals surface area (Å²) in [4.78, 5) is 14.0.